The van der Waals surface area contributed by atoms with Crippen molar-refractivity contribution in [2.24, 2.45) is 5.73 Å². The lowest BCUT2D eigenvalue weighted by molar-refractivity contribution is -0.0797. The molecule has 0 spiro atoms. The molecule has 0 aromatic carbocycles. The Morgan fingerprint density at radius 2 is 1.64 bits per heavy atom. The summed E-state index contributed by atoms with van der Waals surface area (Å²) in [5.74, 6) is -2.94. The van der Waals surface area contributed by atoms with Crippen molar-refractivity contribution in [3.63, 3.8) is 0 Å². The molecule has 0 aromatic rings. The minimum Gasteiger partial charge on any atom is -0.382 e. The lowest BCUT2D eigenvalue weighted by Crippen LogP contribution is -2.33. The first kappa shape index (κ1) is 13.7. The molecule has 0 rings (SSSR count). The summed E-state index contributed by atoms with van der Waals surface area (Å²) in [6.07, 6.45) is 0. The predicted molar refractivity (Wildman–Crippen MR) is 47.5 cm³/mol. The van der Waals surface area contributed by atoms with Gasteiger partial charge < -0.3 is 19.9 Å². The normalized spacial score (nSPS) is 12.0. The lowest BCUT2D eigenvalue weighted by Gasteiger charge is -2.13. The third-order valence-electron chi connectivity index (χ3n) is 1.42. The standard InChI is InChI=1S/C8H17F2NO3/c1-12-2-3-13-4-5-14-7-8(9,10)6-11/h2-7,11H2,1H3. The fourth-order valence-electron chi connectivity index (χ4n) is 0.643. The minimum atomic E-state index is -2.94. The van der Waals surface area contributed by atoms with Crippen LogP contribution in [0.25, 0.3) is 0 Å². The van der Waals surface area contributed by atoms with Gasteiger partial charge in [0.1, 0.15) is 6.61 Å². The monoisotopic (exact) mass is 213 g/mol. The van der Waals surface area contributed by atoms with Crippen molar-refractivity contribution in [2.45, 2.75) is 5.92 Å². The van der Waals surface area contributed by atoms with Crippen LogP contribution in [-0.4, -0.2) is 52.6 Å². The molecule has 0 unspecified atom stereocenters. The van der Waals surface area contributed by atoms with E-state index in [2.05, 4.69) is 4.74 Å². The smallest absolute Gasteiger partial charge is 0.282 e. The maximum atomic E-state index is 12.5. The summed E-state index contributed by atoms with van der Waals surface area (Å²) in [6, 6.07) is 0. The van der Waals surface area contributed by atoms with Crippen LogP contribution in [0.2, 0.25) is 0 Å². The SMILES string of the molecule is COCCOCCOCC(F)(F)CN. The van der Waals surface area contributed by atoms with Crippen molar-refractivity contribution in [3.8, 4) is 0 Å². The fraction of sp³-hybridized carbons (Fsp3) is 1.00. The van der Waals surface area contributed by atoms with Gasteiger partial charge in [-0.15, -0.1) is 0 Å². The van der Waals surface area contributed by atoms with Gasteiger partial charge in [0.05, 0.1) is 33.0 Å². The zero-order chi connectivity index (χ0) is 10.9. The van der Waals surface area contributed by atoms with Crippen molar-refractivity contribution in [3.05, 3.63) is 0 Å². The Balaban J connectivity index is 3.13. The van der Waals surface area contributed by atoms with Gasteiger partial charge in [-0.25, -0.2) is 8.78 Å². The number of hydrogen-bond acceptors (Lipinski definition) is 4. The summed E-state index contributed by atoms with van der Waals surface area (Å²) < 4.78 is 39.3. The van der Waals surface area contributed by atoms with E-state index in [1.807, 2.05) is 0 Å². The van der Waals surface area contributed by atoms with Gasteiger partial charge in [-0.1, -0.05) is 0 Å². The molecular formula is C8H17F2NO3. The van der Waals surface area contributed by atoms with Gasteiger partial charge >= 0.3 is 0 Å². The van der Waals surface area contributed by atoms with E-state index in [-0.39, 0.29) is 13.2 Å². The summed E-state index contributed by atoms with van der Waals surface area (Å²) >= 11 is 0. The van der Waals surface area contributed by atoms with Crippen LogP contribution in [0.15, 0.2) is 0 Å². The van der Waals surface area contributed by atoms with Crippen molar-refractivity contribution in [1.82, 2.24) is 0 Å². The number of rotatable bonds is 9. The quantitative estimate of drug-likeness (QED) is 0.558. The average molecular weight is 213 g/mol. The zero-order valence-corrected chi connectivity index (χ0v) is 8.30. The minimum absolute atomic E-state index is 0.138. The summed E-state index contributed by atoms with van der Waals surface area (Å²) in [4.78, 5) is 0. The van der Waals surface area contributed by atoms with Crippen LogP contribution in [0.3, 0.4) is 0 Å². The molecular weight excluding hydrogens is 196 g/mol. The molecule has 0 amide bonds. The summed E-state index contributed by atoms with van der Waals surface area (Å²) in [6.45, 7) is -0.00983. The van der Waals surface area contributed by atoms with Crippen molar-refractivity contribution >= 4 is 0 Å². The zero-order valence-electron chi connectivity index (χ0n) is 8.30. The van der Waals surface area contributed by atoms with E-state index in [1.54, 1.807) is 7.11 Å². The van der Waals surface area contributed by atoms with E-state index in [4.69, 9.17) is 15.2 Å². The van der Waals surface area contributed by atoms with Crippen molar-refractivity contribution < 1.29 is 23.0 Å². The third-order valence-corrected chi connectivity index (χ3v) is 1.42. The van der Waals surface area contributed by atoms with Gasteiger partial charge in [-0.05, 0) is 0 Å². The molecule has 6 heteroatoms. The summed E-state index contributed by atoms with van der Waals surface area (Å²) in [7, 11) is 1.56. The number of hydrogen-bond donors (Lipinski definition) is 1. The molecule has 86 valence electrons. The highest BCUT2D eigenvalue weighted by Gasteiger charge is 2.26. The van der Waals surface area contributed by atoms with Gasteiger partial charge in [0.2, 0.25) is 0 Å². The second kappa shape index (κ2) is 8.05. The van der Waals surface area contributed by atoms with Gasteiger partial charge in [0.15, 0.2) is 0 Å². The van der Waals surface area contributed by atoms with E-state index < -0.39 is 19.1 Å². The van der Waals surface area contributed by atoms with Crippen LogP contribution < -0.4 is 5.73 Å². The predicted octanol–water partition coefficient (Wildman–Crippen LogP) is 0.260. The average Bonchev–Trinajstić information content (AvgIpc) is 2.16. The molecule has 0 aliphatic carbocycles. The highest BCUT2D eigenvalue weighted by Crippen LogP contribution is 2.10. The highest BCUT2D eigenvalue weighted by molar-refractivity contribution is 4.64. The topological polar surface area (TPSA) is 53.7 Å². The molecule has 0 radical (unpaired) electrons. The van der Waals surface area contributed by atoms with Crippen LogP contribution in [-0.2, 0) is 14.2 Å². The molecule has 0 heterocycles. The third kappa shape index (κ3) is 8.31. The number of methoxy groups -OCH3 is 1. The van der Waals surface area contributed by atoms with Crippen LogP contribution in [0, 0.1) is 0 Å². The maximum Gasteiger partial charge on any atom is 0.282 e. The fourth-order valence-corrected chi connectivity index (χ4v) is 0.643. The molecule has 14 heavy (non-hydrogen) atoms. The second-order valence-corrected chi connectivity index (χ2v) is 2.72. The largest absolute Gasteiger partial charge is 0.382 e. The molecule has 0 fully saturated rings. The molecule has 0 saturated heterocycles. The Bertz CT molecular complexity index is 136. The summed E-state index contributed by atoms with van der Waals surface area (Å²) in [5, 5.41) is 0. The molecule has 0 saturated carbocycles. The van der Waals surface area contributed by atoms with Gasteiger partial charge in [-0.3, -0.25) is 0 Å². The Hall–Kier alpha value is -0.300. The molecule has 4 nitrogen and oxygen atoms in total. The molecule has 0 aliphatic rings. The number of nitrogens with two attached hydrogens (primary N) is 1. The number of halogens is 2. The molecule has 0 aliphatic heterocycles. The van der Waals surface area contributed by atoms with Crippen LogP contribution in [0.5, 0.6) is 0 Å². The Morgan fingerprint density at radius 1 is 1.07 bits per heavy atom. The van der Waals surface area contributed by atoms with E-state index in [1.165, 1.54) is 0 Å². The Morgan fingerprint density at radius 3 is 2.21 bits per heavy atom. The van der Waals surface area contributed by atoms with E-state index in [9.17, 15) is 8.78 Å². The first-order valence-electron chi connectivity index (χ1n) is 4.34. The van der Waals surface area contributed by atoms with Crippen LogP contribution in [0.4, 0.5) is 8.78 Å². The number of ether oxygens (including phenoxy) is 3. The molecule has 2 N–H and O–H groups in total. The van der Waals surface area contributed by atoms with Crippen LogP contribution in [0.1, 0.15) is 0 Å². The Labute approximate surface area is 82.3 Å². The van der Waals surface area contributed by atoms with Gasteiger partial charge in [0, 0.05) is 7.11 Å². The lowest BCUT2D eigenvalue weighted by atomic mass is 10.4. The van der Waals surface area contributed by atoms with Gasteiger partial charge in [0.25, 0.3) is 5.92 Å². The maximum absolute atomic E-state index is 12.5. The first-order chi connectivity index (χ1) is 6.62. The molecule has 0 bridgehead atoms. The molecule has 0 atom stereocenters. The van der Waals surface area contributed by atoms with E-state index in [0.717, 1.165) is 0 Å². The van der Waals surface area contributed by atoms with Crippen LogP contribution >= 0.6 is 0 Å². The molecule has 0 aromatic heterocycles. The summed E-state index contributed by atoms with van der Waals surface area (Å²) in [5.41, 5.74) is 4.81. The van der Waals surface area contributed by atoms with E-state index >= 15 is 0 Å². The van der Waals surface area contributed by atoms with Crippen molar-refractivity contribution in [1.29, 1.82) is 0 Å². The van der Waals surface area contributed by atoms with Gasteiger partial charge in [-0.2, -0.15) is 0 Å². The number of alkyl halides is 2. The second-order valence-electron chi connectivity index (χ2n) is 2.72. The Kier molecular flexibility index (Phi) is 7.87. The van der Waals surface area contributed by atoms with E-state index in [0.29, 0.717) is 13.2 Å². The first-order valence-corrected chi connectivity index (χ1v) is 4.34. The van der Waals surface area contributed by atoms with Crippen molar-refractivity contribution in [2.75, 3.05) is 46.7 Å². The highest BCUT2D eigenvalue weighted by atomic mass is 19.3.